The minimum atomic E-state index is -0.416. The summed E-state index contributed by atoms with van der Waals surface area (Å²) in [6.45, 7) is 5.61. The van der Waals surface area contributed by atoms with Gasteiger partial charge in [-0.2, -0.15) is 0 Å². The number of carbonyl (C=O) groups is 3. The first-order valence-electron chi connectivity index (χ1n) is 10.4. The van der Waals surface area contributed by atoms with Gasteiger partial charge < -0.3 is 20.1 Å². The minimum absolute atomic E-state index is 0.245. The van der Waals surface area contributed by atoms with E-state index in [0.29, 0.717) is 22.2 Å². The molecule has 7 nitrogen and oxygen atoms in total. The Morgan fingerprint density at radius 3 is 2.61 bits per heavy atom. The molecule has 0 saturated heterocycles. The third-order valence-electron chi connectivity index (χ3n) is 5.01. The van der Waals surface area contributed by atoms with Crippen LogP contribution in [0.1, 0.15) is 46.6 Å². The second-order valence-electron chi connectivity index (χ2n) is 7.73. The van der Waals surface area contributed by atoms with E-state index in [1.807, 2.05) is 25.1 Å². The van der Waals surface area contributed by atoms with Crippen LogP contribution in [-0.4, -0.2) is 37.6 Å². The van der Waals surface area contributed by atoms with Gasteiger partial charge in [-0.1, -0.05) is 19.1 Å². The number of amides is 2. The number of aryl methyl sites for hydroxylation is 1. The smallest absolute Gasteiger partial charge is 0.341 e. The number of hydrogen-bond acceptors (Lipinski definition) is 6. The van der Waals surface area contributed by atoms with Gasteiger partial charge in [0, 0.05) is 10.6 Å². The Hall–Kier alpha value is -2.71. The third-order valence-corrected chi connectivity index (χ3v) is 6.18. The van der Waals surface area contributed by atoms with E-state index in [0.717, 1.165) is 35.3 Å². The summed E-state index contributed by atoms with van der Waals surface area (Å²) in [5.41, 5.74) is 3.15. The molecule has 2 amide bonds. The van der Waals surface area contributed by atoms with E-state index in [1.54, 1.807) is 13.0 Å². The van der Waals surface area contributed by atoms with Crippen molar-refractivity contribution in [1.82, 2.24) is 0 Å². The molecule has 1 aromatic heterocycles. The monoisotopic (exact) mass is 444 g/mol. The summed E-state index contributed by atoms with van der Waals surface area (Å²) in [6, 6.07) is 7.42. The lowest BCUT2D eigenvalue weighted by Crippen LogP contribution is -2.24. The molecule has 0 saturated carbocycles. The summed E-state index contributed by atoms with van der Waals surface area (Å²) in [4.78, 5) is 38.0. The van der Waals surface area contributed by atoms with E-state index in [9.17, 15) is 14.4 Å². The van der Waals surface area contributed by atoms with Crippen LogP contribution in [0, 0.1) is 12.8 Å². The van der Waals surface area contributed by atoms with E-state index < -0.39 is 11.9 Å². The van der Waals surface area contributed by atoms with Gasteiger partial charge in [-0.3, -0.25) is 9.59 Å². The highest BCUT2D eigenvalue weighted by Crippen LogP contribution is 2.40. The van der Waals surface area contributed by atoms with Crippen LogP contribution in [0.3, 0.4) is 0 Å². The summed E-state index contributed by atoms with van der Waals surface area (Å²) in [6.07, 6.45) is 2.69. The van der Waals surface area contributed by atoms with Gasteiger partial charge in [0.15, 0.2) is 0 Å². The van der Waals surface area contributed by atoms with Gasteiger partial charge in [-0.15, -0.1) is 11.3 Å². The molecule has 1 aliphatic carbocycles. The fourth-order valence-corrected chi connectivity index (χ4v) is 4.99. The summed E-state index contributed by atoms with van der Waals surface area (Å²) in [7, 11) is 0. The largest absolute Gasteiger partial charge is 0.462 e. The molecule has 2 aromatic rings. The van der Waals surface area contributed by atoms with Crippen LogP contribution in [0.2, 0.25) is 0 Å². The zero-order chi connectivity index (χ0) is 22.4. The summed E-state index contributed by atoms with van der Waals surface area (Å²) < 4.78 is 10.5. The molecule has 1 aromatic carbocycles. The van der Waals surface area contributed by atoms with Crippen molar-refractivity contribution in [2.24, 2.45) is 5.92 Å². The normalized spacial score (nSPS) is 15.1. The van der Waals surface area contributed by atoms with E-state index in [1.165, 1.54) is 11.3 Å². The molecular formula is C23H28N2O5S. The van der Waals surface area contributed by atoms with Crippen LogP contribution >= 0.6 is 11.3 Å². The van der Waals surface area contributed by atoms with Crippen molar-refractivity contribution in [3.63, 3.8) is 0 Å². The van der Waals surface area contributed by atoms with E-state index >= 15 is 0 Å². The van der Waals surface area contributed by atoms with Crippen molar-refractivity contribution in [1.29, 1.82) is 0 Å². The first-order chi connectivity index (χ1) is 14.9. The van der Waals surface area contributed by atoms with Crippen LogP contribution in [0.5, 0.6) is 0 Å². The highest BCUT2D eigenvalue weighted by atomic mass is 32.1. The maximum absolute atomic E-state index is 12.5. The number of ether oxygens (including phenoxy) is 2. The zero-order valence-electron chi connectivity index (χ0n) is 18.1. The molecule has 0 bridgehead atoms. The SMILES string of the molecule is CCOC(=O)c1c(NC(=O)COCC(=O)Nc2cccc(C)c2)sc2c1CCC(C)C2. The number of anilines is 2. The lowest BCUT2D eigenvalue weighted by Gasteiger charge is -2.18. The lowest BCUT2D eigenvalue weighted by molar-refractivity contribution is -0.125. The Morgan fingerprint density at radius 1 is 1.16 bits per heavy atom. The van der Waals surface area contributed by atoms with Crippen LogP contribution in [0.15, 0.2) is 24.3 Å². The van der Waals surface area contributed by atoms with Gasteiger partial charge >= 0.3 is 5.97 Å². The fourth-order valence-electron chi connectivity index (χ4n) is 3.58. The molecule has 3 rings (SSSR count). The van der Waals surface area contributed by atoms with Gasteiger partial charge in [-0.25, -0.2) is 4.79 Å². The molecule has 8 heteroatoms. The molecular weight excluding hydrogens is 416 g/mol. The van der Waals surface area contributed by atoms with Gasteiger partial charge in [0.25, 0.3) is 5.91 Å². The average molecular weight is 445 g/mol. The van der Waals surface area contributed by atoms with E-state index in [4.69, 9.17) is 9.47 Å². The van der Waals surface area contributed by atoms with E-state index in [2.05, 4.69) is 17.6 Å². The number of rotatable bonds is 8. The van der Waals surface area contributed by atoms with Crippen LogP contribution in [-0.2, 0) is 31.9 Å². The molecule has 1 aliphatic rings. The number of esters is 1. The quantitative estimate of drug-likeness (QED) is 0.601. The Kier molecular flexibility index (Phi) is 7.81. The number of thiophene rings is 1. The minimum Gasteiger partial charge on any atom is -0.462 e. The predicted octanol–water partition coefficient (Wildman–Crippen LogP) is 3.95. The van der Waals surface area contributed by atoms with Crippen molar-refractivity contribution in [3.05, 3.63) is 45.8 Å². The second-order valence-corrected chi connectivity index (χ2v) is 8.84. The molecule has 0 radical (unpaired) electrons. The number of hydrogen-bond donors (Lipinski definition) is 2. The molecule has 1 unspecified atom stereocenters. The van der Waals surface area contributed by atoms with Crippen LogP contribution < -0.4 is 10.6 Å². The van der Waals surface area contributed by atoms with Crippen molar-refractivity contribution in [3.8, 4) is 0 Å². The van der Waals surface area contributed by atoms with Crippen LogP contribution in [0.25, 0.3) is 0 Å². The molecule has 0 aliphatic heterocycles. The summed E-state index contributed by atoms with van der Waals surface area (Å²) in [5, 5.41) is 6.00. The predicted molar refractivity (Wildman–Crippen MR) is 121 cm³/mol. The standard InChI is InChI=1S/C23H28N2O5S/c1-4-30-23(28)21-17-9-8-15(3)11-18(17)31-22(21)25-20(27)13-29-12-19(26)24-16-7-5-6-14(2)10-16/h5-7,10,15H,4,8-9,11-13H2,1-3H3,(H,24,26)(H,25,27). The highest BCUT2D eigenvalue weighted by Gasteiger charge is 2.29. The number of nitrogens with one attached hydrogen (secondary N) is 2. The highest BCUT2D eigenvalue weighted by molar-refractivity contribution is 7.17. The average Bonchev–Trinajstić information content (AvgIpc) is 3.04. The molecule has 1 heterocycles. The first-order valence-corrected chi connectivity index (χ1v) is 11.2. The van der Waals surface area contributed by atoms with Gasteiger partial charge in [-0.05, 0) is 62.3 Å². The van der Waals surface area contributed by atoms with Crippen molar-refractivity contribution >= 4 is 39.8 Å². The molecule has 31 heavy (non-hydrogen) atoms. The van der Waals surface area contributed by atoms with Gasteiger partial charge in [0.1, 0.15) is 18.2 Å². The van der Waals surface area contributed by atoms with Crippen molar-refractivity contribution < 1.29 is 23.9 Å². The Bertz CT molecular complexity index is 969. The lowest BCUT2D eigenvalue weighted by atomic mass is 9.88. The maximum Gasteiger partial charge on any atom is 0.341 e. The molecule has 0 spiro atoms. The summed E-state index contributed by atoms with van der Waals surface area (Å²) in [5.74, 6) is -0.630. The number of benzene rings is 1. The summed E-state index contributed by atoms with van der Waals surface area (Å²) >= 11 is 1.42. The molecule has 0 fully saturated rings. The Balaban J connectivity index is 1.57. The number of fused-ring (bicyclic) bond motifs is 1. The second kappa shape index (κ2) is 10.5. The third kappa shape index (κ3) is 6.15. The van der Waals surface area contributed by atoms with Crippen molar-refractivity contribution in [2.75, 3.05) is 30.5 Å². The molecule has 1 atom stereocenters. The van der Waals surface area contributed by atoms with Gasteiger partial charge in [0.05, 0.1) is 12.2 Å². The molecule has 2 N–H and O–H groups in total. The van der Waals surface area contributed by atoms with Gasteiger partial charge in [0.2, 0.25) is 5.91 Å². The zero-order valence-corrected chi connectivity index (χ0v) is 18.9. The van der Waals surface area contributed by atoms with Crippen molar-refractivity contribution in [2.45, 2.75) is 40.0 Å². The fraction of sp³-hybridized carbons (Fsp3) is 0.435. The Labute approximate surface area is 186 Å². The number of carbonyl (C=O) groups excluding carboxylic acids is 3. The maximum atomic E-state index is 12.5. The van der Waals surface area contributed by atoms with Crippen LogP contribution in [0.4, 0.5) is 10.7 Å². The Morgan fingerprint density at radius 2 is 1.90 bits per heavy atom. The topological polar surface area (TPSA) is 93.7 Å². The first kappa shape index (κ1) is 23.0. The molecule has 166 valence electrons. The van der Waals surface area contributed by atoms with E-state index in [-0.39, 0.29) is 25.7 Å².